The van der Waals surface area contributed by atoms with E-state index < -0.39 is 0 Å². The number of aromatic nitrogens is 3. The largest absolute Gasteiger partial charge is 0.347 e. The number of hydrogen-bond acceptors (Lipinski definition) is 4. The van der Waals surface area contributed by atoms with Crippen LogP contribution < -0.4 is 5.32 Å². The van der Waals surface area contributed by atoms with Gasteiger partial charge in [0, 0.05) is 24.6 Å². The predicted molar refractivity (Wildman–Crippen MR) is 97.3 cm³/mol. The number of amides is 2. The maximum absolute atomic E-state index is 12.7. The number of likely N-dealkylation sites (tertiary alicyclic amines) is 1. The van der Waals surface area contributed by atoms with E-state index in [0.717, 1.165) is 0 Å². The Morgan fingerprint density at radius 2 is 2.04 bits per heavy atom. The smallest absolute Gasteiger partial charge is 0.251 e. The molecule has 0 bridgehead atoms. The summed E-state index contributed by atoms with van der Waals surface area (Å²) < 4.78 is 0. The van der Waals surface area contributed by atoms with Crippen LogP contribution in [0.4, 0.5) is 0 Å². The van der Waals surface area contributed by atoms with Crippen LogP contribution >= 0.6 is 0 Å². The van der Waals surface area contributed by atoms with Crippen LogP contribution in [0.5, 0.6) is 0 Å². The van der Waals surface area contributed by atoms with Crippen LogP contribution in [-0.4, -0.2) is 44.5 Å². The van der Waals surface area contributed by atoms with Gasteiger partial charge in [-0.05, 0) is 31.4 Å². The highest BCUT2D eigenvalue weighted by atomic mass is 16.2. The predicted octanol–water partition coefficient (Wildman–Crippen LogP) is 2.23. The molecular formula is C19H25N5O2. The quantitative estimate of drug-likeness (QED) is 0.860. The second kappa shape index (κ2) is 7.68. The fraction of sp³-hybridized carbons (Fsp3) is 0.474. The number of hydrogen-bond donors (Lipinski definition) is 2. The molecule has 1 fully saturated rings. The summed E-state index contributed by atoms with van der Waals surface area (Å²) in [7, 11) is 0. The average molecular weight is 355 g/mol. The normalized spacial score (nSPS) is 19.8. The van der Waals surface area contributed by atoms with Gasteiger partial charge in [-0.2, -0.15) is 5.10 Å². The van der Waals surface area contributed by atoms with E-state index in [1.807, 2.05) is 39.0 Å². The van der Waals surface area contributed by atoms with Gasteiger partial charge in [-0.15, -0.1) is 0 Å². The summed E-state index contributed by atoms with van der Waals surface area (Å²) in [6, 6.07) is 8.77. The highest BCUT2D eigenvalue weighted by molar-refractivity contribution is 5.94. The molecule has 0 spiro atoms. The van der Waals surface area contributed by atoms with Crippen molar-refractivity contribution in [1.82, 2.24) is 25.4 Å². The molecule has 2 N–H and O–H groups in total. The zero-order valence-corrected chi connectivity index (χ0v) is 15.4. The molecule has 1 aliphatic heterocycles. The summed E-state index contributed by atoms with van der Waals surface area (Å²) in [5, 5.41) is 10.1. The third-order valence-electron chi connectivity index (χ3n) is 4.49. The number of rotatable bonds is 5. The van der Waals surface area contributed by atoms with E-state index >= 15 is 0 Å². The highest BCUT2D eigenvalue weighted by Crippen LogP contribution is 2.31. The van der Waals surface area contributed by atoms with Gasteiger partial charge in [-0.3, -0.25) is 14.7 Å². The number of nitrogens with one attached hydrogen (secondary N) is 2. The molecule has 138 valence electrons. The SMILES string of the molecule is Cc1nc(C2CC(NC(=O)c3ccccc3)CN2C(=O)CC(C)C)n[nH]1. The number of carbonyl (C=O) groups is 2. The second-order valence-electron chi connectivity index (χ2n) is 7.21. The first kappa shape index (κ1) is 18.1. The summed E-state index contributed by atoms with van der Waals surface area (Å²) in [5.41, 5.74) is 0.616. The van der Waals surface area contributed by atoms with Crippen molar-refractivity contribution in [2.45, 2.75) is 45.7 Å². The van der Waals surface area contributed by atoms with Gasteiger partial charge < -0.3 is 10.2 Å². The monoisotopic (exact) mass is 355 g/mol. The van der Waals surface area contributed by atoms with Crippen LogP contribution in [-0.2, 0) is 4.79 Å². The molecule has 0 radical (unpaired) electrons. The third kappa shape index (κ3) is 4.09. The molecule has 2 heterocycles. The molecule has 0 saturated carbocycles. The van der Waals surface area contributed by atoms with Gasteiger partial charge >= 0.3 is 0 Å². The van der Waals surface area contributed by atoms with E-state index in [0.29, 0.717) is 36.6 Å². The minimum Gasteiger partial charge on any atom is -0.347 e. The van der Waals surface area contributed by atoms with Crippen molar-refractivity contribution in [2.75, 3.05) is 6.54 Å². The Morgan fingerprint density at radius 3 is 2.65 bits per heavy atom. The zero-order valence-electron chi connectivity index (χ0n) is 15.4. The molecule has 0 aliphatic carbocycles. The maximum atomic E-state index is 12.7. The van der Waals surface area contributed by atoms with E-state index in [1.165, 1.54) is 0 Å². The maximum Gasteiger partial charge on any atom is 0.251 e. The summed E-state index contributed by atoms with van der Waals surface area (Å²) in [4.78, 5) is 31.4. The second-order valence-corrected chi connectivity index (χ2v) is 7.21. The number of benzene rings is 1. The van der Waals surface area contributed by atoms with Gasteiger partial charge in [0.15, 0.2) is 5.82 Å². The van der Waals surface area contributed by atoms with Crippen LogP contribution in [0.25, 0.3) is 0 Å². The Balaban J connectivity index is 1.75. The number of aryl methyl sites for hydroxylation is 1. The summed E-state index contributed by atoms with van der Waals surface area (Å²) >= 11 is 0. The van der Waals surface area contributed by atoms with Crippen LogP contribution in [0.15, 0.2) is 30.3 Å². The topological polar surface area (TPSA) is 91.0 Å². The molecule has 1 aliphatic rings. The number of H-pyrrole nitrogens is 1. The minimum absolute atomic E-state index is 0.0731. The Hall–Kier alpha value is -2.70. The molecule has 26 heavy (non-hydrogen) atoms. The van der Waals surface area contributed by atoms with Crippen molar-refractivity contribution in [3.05, 3.63) is 47.5 Å². The van der Waals surface area contributed by atoms with Gasteiger partial charge in [0.25, 0.3) is 5.91 Å². The highest BCUT2D eigenvalue weighted by Gasteiger charge is 2.39. The number of aromatic amines is 1. The van der Waals surface area contributed by atoms with Crippen molar-refractivity contribution in [3.8, 4) is 0 Å². The number of carbonyl (C=O) groups excluding carboxylic acids is 2. The fourth-order valence-corrected chi connectivity index (χ4v) is 3.29. The van der Waals surface area contributed by atoms with Gasteiger partial charge in [-0.1, -0.05) is 32.0 Å². The number of nitrogens with zero attached hydrogens (tertiary/aromatic N) is 3. The standard InChI is InChI=1S/C19H25N5O2/c1-12(2)9-17(25)24-11-15(10-16(24)18-20-13(3)22-23-18)21-19(26)14-7-5-4-6-8-14/h4-8,12,15-16H,9-11H2,1-3H3,(H,21,26)(H,20,22,23). The summed E-state index contributed by atoms with van der Waals surface area (Å²) in [5.74, 6) is 1.54. The molecule has 7 nitrogen and oxygen atoms in total. The lowest BCUT2D eigenvalue weighted by Crippen LogP contribution is -2.39. The zero-order chi connectivity index (χ0) is 18.7. The first-order valence-corrected chi connectivity index (χ1v) is 8.98. The lowest BCUT2D eigenvalue weighted by atomic mass is 10.1. The fourth-order valence-electron chi connectivity index (χ4n) is 3.29. The van der Waals surface area contributed by atoms with E-state index in [9.17, 15) is 9.59 Å². The lowest BCUT2D eigenvalue weighted by molar-refractivity contribution is -0.133. The molecule has 1 saturated heterocycles. The van der Waals surface area contributed by atoms with Gasteiger partial charge in [-0.25, -0.2) is 4.98 Å². The molecule has 2 aromatic rings. The van der Waals surface area contributed by atoms with Crippen LogP contribution in [0.3, 0.4) is 0 Å². The summed E-state index contributed by atoms with van der Waals surface area (Å²) in [6.07, 6.45) is 1.08. The Labute approximate surface area is 153 Å². The Kier molecular flexibility index (Phi) is 5.35. The first-order valence-electron chi connectivity index (χ1n) is 8.98. The van der Waals surface area contributed by atoms with Crippen molar-refractivity contribution in [2.24, 2.45) is 5.92 Å². The van der Waals surface area contributed by atoms with Crippen LogP contribution in [0, 0.1) is 12.8 Å². The molecule has 1 aromatic carbocycles. The Bertz CT molecular complexity index is 771. The van der Waals surface area contributed by atoms with E-state index in [2.05, 4.69) is 20.5 Å². The minimum atomic E-state index is -0.215. The first-order chi connectivity index (χ1) is 12.4. The van der Waals surface area contributed by atoms with Gasteiger partial charge in [0.05, 0.1) is 6.04 Å². The molecular weight excluding hydrogens is 330 g/mol. The molecule has 1 aromatic heterocycles. The van der Waals surface area contributed by atoms with E-state index in [-0.39, 0.29) is 29.8 Å². The molecule has 2 atom stereocenters. The molecule has 2 amide bonds. The third-order valence-corrected chi connectivity index (χ3v) is 4.49. The van der Waals surface area contributed by atoms with Crippen molar-refractivity contribution < 1.29 is 9.59 Å². The van der Waals surface area contributed by atoms with E-state index in [1.54, 1.807) is 17.0 Å². The molecule has 7 heteroatoms. The van der Waals surface area contributed by atoms with Gasteiger partial charge in [0.2, 0.25) is 5.91 Å². The van der Waals surface area contributed by atoms with Crippen LogP contribution in [0.2, 0.25) is 0 Å². The van der Waals surface area contributed by atoms with Crippen molar-refractivity contribution in [1.29, 1.82) is 0 Å². The van der Waals surface area contributed by atoms with Crippen molar-refractivity contribution >= 4 is 11.8 Å². The molecule has 2 unspecified atom stereocenters. The average Bonchev–Trinajstić information content (AvgIpc) is 3.21. The van der Waals surface area contributed by atoms with Gasteiger partial charge in [0.1, 0.15) is 5.82 Å². The lowest BCUT2D eigenvalue weighted by Gasteiger charge is -2.23. The van der Waals surface area contributed by atoms with Crippen LogP contribution in [0.1, 0.15) is 54.7 Å². The van der Waals surface area contributed by atoms with E-state index in [4.69, 9.17) is 0 Å². The van der Waals surface area contributed by atoms with Crippen molar-refractivity contribution in [3.63, 3.8) is 0 Å². The Morgan fingerprint density at radius 1 is 1.31 bits per heavy atom. The summed E-state index contributed by atoms with van der Waals surface area (Å²) in [6.45, 7) is 6.35. The molecule has 3 rings (SSSR count).